The van der Waals surface area contributed by atoms with Gasteiger partial charge in [-0.05, 0) is 38.4 Å². The molecule has 0 amide bonds. The maximum absolute atomic E-state index is 6.01. The quantitative estimate of drug-likeness (QED) is 0.873. The largest absolute Gasteiger partial charge is 0.378 e. The van der Waals surface area contributed by atoms with E-state index in [4.69, 9.17) is 10.5 Å². The Kier molecular flexibility index (Phi) is 5.01. The zero-order chi connectivity index (χ0) is 13.9. The molecule has 0 bridgehead atoms. The Morgan fingerprint density at radius 2 is 2.11 bits per heavy atom. The Hall–Kier alpha value is -0.420. The minimum atomic E-state index is 0.106. The summed E-state index contributed by atoms with van der Waals surface area (Å²) in [5.74, 6) is 0. The van der Waals surface area contributed by atoms with Crippen molar-refractivity contribution < 1.29 is 4.74 Å². The first-order valence-electron chi connectivity index (χ1n) is 6.87. The van der Waals surface area contributed by atoms with Crippen molar-refractivity contribution in [3.8, 4) is 0 Å². The Labute approximate surface area is 124 Å². The third-order valence-corrected chi connectivity index (χ3v) is 4.95. The Morgan fingerprint density at radius 1 is 1.42 bits per heavy atom. The van der Waals surface area contributed by atoms with Crippen LogP contribution in [0, 0.1) is 0 Å². The SMILES string of the molecule is CCOC1CC(CN)(N(C)Cc2ccccc2Br)C1. The van der Waals surface area contributed by atoms with E-state index in [0.717, 1.165) is 30.5 Å². The molecule has 0 saturated heterocycles. The van der Waals surface area contributed by atoms with Crippen molar-refractivity contribution in [2.24, 2.45) is 5.73 Å². The van der Waals surface area contributed by atoms with Crippen molar-refractivity contribution in [1.82, 2.24) is 4.90 Å². The second-order valence-corrected chi connectivity index (χ2v) is 6.22. The smallest absolute Gasteiger partial charge is 0.0611 e. The highest BCUT2D eigenvalue weighted by atomic mass is 79.9. The number of rotatable bonds is 6. The van der Waals surface area contributed by atoms with Gasteiger partial charge in [0.05, 0.1) is 6.10 Å². The summed E-state index contributed by atoms with van der Waals surface area (Å²) in [6, 6.07) is 8.36. The lowest BCUT2D eigenvalue weighted by Gasteiger charge is -2.52. The first kappa shape index (κ1) is 15.0. The second kappa shape index (κ2) is 6.35. The van der Waals surface area contributed by atoms with Gasteiger partial charge in [-0.25, -0.2) is 0 Å². The fourth-order valence-electron chi connectivity index (χ4n) is 2.83. The van der Waals surface area contributed by atoms with Gasteiger partial charge in [-0.2, -0.15) is 0 Å². The number of halogens is 1. The van der Waals surface area contributed by atoms with E-state index in [-0.39, 0.29) is 5.54 Å². The van der Waals surface area contributed by atoms with Crippen LogP contribution >= 0.6 is 15.9 Å². The molecule has 2 rings (SSSR count). The Balaban J connectivity index is 1.99. The molecule has 19 heavy (non-hydrogen) atoms. The lowest BCUT2D eigenvalue weighted by molar-refractivity contribution is -0.0948. The highest BCUT2D eigenvalue weighted by molar-refractivity contribution is 9.10. The van der Waals surface area contributed by atoms with Crippen molar-refractivity contribution in [1.29, 1.82) is 0 Å². The molecule has 1 aromatic carbocycles. The summed E-state index contributed by atoms with van der Waals surface area (Å²) < 4.78 is 6.83. The van der Waals surface area contributed by atoms with Gasteiger partial charge in [-0.1, -0.05) is 34.1 Å². The van der Waals surface area contributed by atoms with Gasteiger partial charge >= 0.3 is 0 Å². The number of ether oxygens (including phenoxy) is 1. The molecule has 0 unspecified atom stereocenters. The van der Waals surface area contributed by atoms with Gasteiger partial charge in [0.15, 0.2) is 0 Å². The molecule has 4 heteroatoms. The summed E-state index contributed by atoms with van der Waals surface area (Å²) in [7, 11) is 2.16. The van der Waals surface area contributed by atoms with E-state index in [0.29, 0.717) is 12.6 Å². The van der Waals surface area contributed by atoms with Crippen molar-refractivity contribution in [2.45, 2.75) is 38.0 Å². The van der Waals surface area contributed by atoms with Crippen LogP contribution in [-0.2, 0) is 11.3 Å². The van der Waals surface area contributed by atoms with Gasteiger partial charge in [0, 0.05) is 29.7 Å². The average molecular weight is 327 g/mol. The van der Waals surface area contributed by atoms with E-state index in [1.807, 2.05) is 13.0 Å². The molecular weight excluding hydrogens is 304 g/mol. The highest BCUT2D eigenvalue weighted by Crippen LogP contribution is 2.39. The molecule has 0 spiro atoms. The standard InChI is InChI=1S/C15H23BrN2O/c1-3-19-13-8-15(9-13,11-17)18(2)10-12-6-4-5-7-14(12)16/h4-7,13H,3,8-11,17H2,1-2H3. The van der Waals surface area contributed by atoms with E-state index in [9.17, 15) is 0 Å². The van der Waals surface area contributed by atoms with Crippen LogP contribution < -0.4 is 5.73 Å². The molecular formula is C15H23BrN2O. The van der Waals surface area contributed by atoms with Crippen LogP contribution in [0.25, 0.3) is 0 Å². The molecule has 0 heterocycles. The fourth-order valence-corrected chi connectivity index (χ4v) is 3.24. The summed E-state index contributed by atoms with van der Waals surface area (Å²) in [6.45, 7) is 4.45. The number of benzene rings is 1. The van der Waals surface area contributed by atoms with E-state index >= 15 is 0 Å². The van der Waals surface area contributed by atoms with Crippen LogP contribution in [-0.4, -0.2) is 36.7 Å². The van der Waals surface area contributed by atoms with E-state index in [2.05, 4.69) is 46.1 Å². The molecule has 3 nitrogen and oxygen atoms in total. The summed E-state index contributed by atoms with van der Waals surface area (Å²) in [4.78, 5) is 2.38. The number of nitrogens with two attached hydrogens (primary N) is 1. The predicted octanol–water partition coefficient (Wildman–Crippen LogP) is 2.78. The van der Waals surface area contributed by atoms with Crippen LogP contribution in [0.1, 0.15) is 25.3 Å². The molecule has 0 aromatic heterocycles. The first-order valence-corrected chi connectivity index (χ1v) is 7.67. The van der Waals surface area contributed by atoms with Crippen molar-refractivity contribution >= 4 is 15.9 Å². The van der Waals surface area contributed by atoms with E-state index in [1.165, 1.54) is 5.56 Å². The maximum Gasteiger partial charge on any atom is 0.0611 e. The molecule has 1 aliphatic rings. The van der Waals surface area contributed by atoms with Gasteiger partial charge in [0.1, 0.15) is 0 Å². The van der Waals surface area contributed by atoms with Crippen molar-refractivity contribution in [2.75, 3.05) is 20.2 Å². The lowest BCUT2D eigenvalue weighted by Crippen LogP contribution is -2.62. The monoisotopic (exact) mass is 326 g/mol. The van der Waals surface area contributed by atoms with Crippen molar-refractivity contribution in [3.05, 3.63) is 34.3 Å². The molecule has 1 fully saturated rings. The zero-order valence-electron chi connectivity index (χ0n) is 11.7. The molecule has 1 aromatic rings. The molecule has 1 aliphatic carbocycles. The van der Waals surface area contributed by atoms with Gasteiger partial charge in [0.25, 0.3) is 0 Å². The average Bonchev–Trinajstić information content (AvgIpc) is 2.36. The normalized spacial score (nSPS) is 26.5. The molecule has 0 radical (unpaired) electrons. The van der Waals surface area contributed by atoms with Crippen LogP contribution in [0.2, 0.25) is 0 Å². The molecule has 106 valence electrons. The zero-order valence-corrected chi connectivity index (χ0v) is 13.3. The molecule has 2 N–H and O–H groups in total. The number of nitrogens with zero attached hydrogens (tertiary/aromatic N) is 1. The van der Waals surface area contributed by atoms with Crippen LogP contribution in [0.3, 0.4) is 0 Å². The van der Waals surface area contributed by atoms with Gasteiger partial charge in [-0.3, -0.25) is 4.90 Å². The minimum absolute atomic E-state index is 0.106. The fraction of sp³-hybridized carbons (Fsp3) is 0.600. The molecule has 0 atom stereocenters. The summed E-state index contributed by atoms with van der Waals surface area (Å²) in [6.07, 6.45) is 2.46. The first-order chi connectivity index (χ1) is 9.11. The van der Waals surface area contributed by atoms with Crippen LogP contribution in [0.5, 0.6) is 0 Å². The third kappa shape index (κ3) is 3.19. The summed E-state index contributed by atoms with van der Waals surface area (Å²) >= 11 is 3.61. The van der Waals surface area contributed by atoms with Crippen LogP contribution in [0.15, 0.2) is 28.7 Å². The second-order valence-electron chi connectivity index (χ2n) is 5.36. The predicted molar refractivity (Wildman–Crippen MR) is 82.0 cm³/mol. The van der Waals surface area contributed by atoms with Gasteiger partial charge < -0.3 is 10.5 Å². The van der Waals surface area contributed by atoms with Gasteiger partial charge in [-0.15, -0.1) is 0 Å². The Morgan fingerprint density at radius 3 is 2.68 bits per heavy atom. The summed E-state index contributed by atoms with van der Waals surface area (Å²) in [5, 5.41) is 0. The minimum Gasteiger partial charge on any atom is -0.378 e. The number of hydrogen-bond donors (Lipinski definition) is 1. The third-order valence-electron chi connectivity index (χ3n) is 4.17. The number of hydrogen-bond acceptors (Lipinski definition) is 3. The number of likely N-dealkylation sites (N-methyl/N-ethyl adjacent to an activating group) is 1. The Bertz CT molecular complexity index is 418. The topological polar surface area (TPSA) is 38.5 Å². The summed E-state index contributed by atoms with van der Waals surface area (Å²) in [5.41, 5.74) is 7.42. The highest BCUT2D eigenvalue weighted by Gasteiger charge is 2.46. The van der Waals surface area contributed by atoms with Crippen molar-refractivity contribution in [3.63, 3.8) is 0 Å². The molecule has 0 aliphatic heterocycles. The van der Waals surface area contributed by atoms with Crippen LogP contribution in [0.4, 0.5) is 0 Å². The molecule has 1 saturated carbocycles. The lowest BCUT2D eigenvalue weighted by atomic mass is 9.73. The maximum atomic E-state index is 6.01. The van der Waals surface area contributed by atoms with E-state index in [1.54, 1.807) is 0 Å². The van der Waals surface area contributed by atoms with E-state index < -0.39 is 0 Å². The van der Waals surface area contributed by atoms with Gasteiger partial charge in [0.2, 0.25) is 0 Å².